The largest absolute Gasteiger partial charge is 0.480 e. The standard InChI is InChI=1S/C13H27N3O3S2/c1-13(2,3)21-20-8-10(15)11(17)16-7-5-4-6-9(14)12(18)19/h9-10H,4-8,14-15H2,1-3H3,(H,16,17)(H,18,19). The molecule has 0 heterocycles. The summed E-state index contributed by atoms with van der Waals surface area (Å²) in [7, 11) is 3.30. The lowest BCUT2D eigenvalue weighted by atomic mass is 10.1. The number of carboxylic acids is 1. The van der Waals surface area contributed by atoms with E-state index in [9.17, 15) is 9.59 Å². The fourth-order valence-corrected chi connectivity index (χ4v) is 3.74. The van der Waals surface area contributed by atoms with E-state index in [1.165, 1.54) is 0 Å². The quantitative estimate of drug-likeness (QED) is 0.349. The minimum absolute atomic E-state index is 0.143. The number of nitrogens with one attached hydrogen (secondary N) is 1. The summed E-state index contributed by atoms with van der Waals surface area (Å²) in [5.41, 5.74) is 11.2. The van der Waals surface area contributed by atoms with Gasteiger partial charge in [0.2, 0.25) is 5.91 Å². The summed E-state index contributed by atoms with van der Waals surface area (Å²) in [6, 6.07) is -1.35. The van der Waals surface area contributed by atoms with Crippen LogP contribution in [0.5, 0.6) is 0 Å². The second-order valence-electron chi connectivity index (χ2n) is 5.82. The van der Waals surface area contributed by atoms with Crippen molar-refractivity contribution >= 4 is 33.5 Å². The van der Waals surface area contributed by atoms with Gasteiger partial charge in [0, 0.05) is 17.0 Å². The highest BCUT2D eigenvalue weighted by Crippen LogP contribution is 2.34. The van der Waals surface area contributed by atoms with Crippen molar-refractivity contribution in [3.63, 3.8) is 0 Å². The SMILES string of the molecule is CC(C)(C)SSCC(N)C(=O)NCCCCC(N)C(=O)O. The van der Waals surface area contributed by atoms with E-state index in [0.717, 1.165) is 0 Å². The Morgan fingerprint density at radius 2 is 1.81 bits per heavy atom. The van der Waals surface area contributed by atoms with Crippen LogP contribution in [-0.2, 0) is 9.59 Å². The average Bonchev–Trinajstić information content (AvgIpc) is 2.35. The summed E-state index contributed by atoms with van der Waals surface area (Å²) in [6.07, 6.45) is 1.77. The predicted molar refractivity (Wildman–Crippen MR) is 90.2 cm³/mol. The van der Waals surface area contributed by atoms with Gasteiger partial charge in [0.1, 0.15) is 6.04 Å². The van der Waals surface area contributed by atoms with E-state index in [-0.39, 0.29) is 10.7 Å². The monoisotopic (exact) mass is 337 g/mol. The third kappa shape index (κ3) is 11.9. The molecule has 124 valence electrons. The molecule has 0 aromatic carbocycles. The maximum Gasteiger partial charge on any atom is 0.320 e. The number of carbonyl (C=O) groups is 2. The van der Waals surface area contributed by atoms with Crippen LogP contribution in [0.25, 0.3) is 0 Å². The number of nitrogens with two attached hydrogens (primary N) is 2. The number of hydrogen-bond donors (Lipinski definition) is 4. The fourth-order valence-electron chi connectivity index (χ4n) is 1.32. The lowest BCUT2D eigenvalue weighted by molar-refractivity contribution is -0.138. The third-order valence-electron chi connectivity index (χ3n) is 2.45. The van der Waals surface area contributed by atoms with Crippen molar-refractivity contribution < 1.29 is 14.7 Å². The molecule has 0 aliphatic rings. The van der Waals surface area contributed by atoms with Crippen LogP contribution >= 0.6 is 21.6 Å². The summed E-state index contributed by atoms with van der Waals surface area (Å²) in [5, 5.41) is 11.4. The molecule has 0 saturated heterocycles. The third-order valence-corrected chi connectivity index (χ3v) is 5.83. The highest BCUT2D eigenvalue weighted by atomic mass is 33.1. The van der Waals surface area contributed by atoms with Crippen LogP contribution in [0.4, 0.5) is 0 Å². The zero-order chi connectivity index (χ0) is 16.5. The first kappa shape index (κ1) is 20.6. The van der Waals surface area contributed by atoms with E-state index in [0.29, 0.717) is 31.6 Å². The van der Waals surface area contributed by atoms with E-state index in [1.54, 1.807) is 21.6 Å². The van der Waals surface area contributed by atoms with Crippen molar-refractivity contribution in [2.24, 2.45) is 11.5 Å². The van der Waals surface area contributed by atoms with E-state index >= 15 is 0 Å². The van der Waals surface area contributed by atoms with Crippen LogP contribution in [0.2, 0.25) is 0 Å². The minimum Gasteiger partial charge on any atom is -0.480 e. The van der Waals surface area contributed by atoms with Crippen molar-refractivity contribution in [3.05, 3.63) is 0 Å². The Labute approximate surface area is 134 Å². The van der Waals surface area contributed by atoms with Gasteiger partial charge in [-0.15, -0.1) is 0 Å². The number of carboxylic acid groups (broad SMARTS) is 1. The van der Waals surface area contributed by atoms with Crippen LogP contribution in [-0.4, -0.2) is 46.1 Å². The number of hydrogen-bond acceptors (Lipinski definition) is 6. The van der Waals surface area contributed by atoms with Crippen LogP contribution in [0.1, 0.15) is 40.0 Å². The molecule has 21 heavy (non-hydrogen) atoms. The second-order valence-corrected chi connectivity index (χ2v) is 8.99. The van der Waals surface area contributed by atoms with Crippen LogP contribution in [0, 0.1) is 0 Å². The number of amides is 1. The molecule has 1 amide bonds. The van der Waals surface area contributed by atoms with E-state index in [2.05, 4.69) is 26.1 Å². The van der Waals surface area contributed by atoms with E-state index in [1.807, 2.05) is 0 Å². The Kier molecular flexibility index (Phi) is 10.1. The lowest BCUT2D eigenvalue weighted by Gasteiger charge is -2.18. The number of rotatable bonds is 10. The predicted octanol–water partition coefficient (Wildman–Crippen LogP) is 1.19. The molecule has 0 fully saturated rings. The molecule has 2 unspecified atom stereocenters. The van der Waals surface area contributed by atoms with Crippen LogP contribution < -0.4 is 16.8 Å². The molecule has 8 heteroatoms. The molecule has 2 atom stereocenters. The van der Waals surface area contributed by atoms with Crippen molar-refractivity contribution in [3.8, 4) is 0 Å². The Balaban J connectivity index is 3.67. The summed E-state index contributed by atoms with van der Waals surface area (Å²) >= 11 is 0. The van der Waals surface area contributed by atoms with Gasteiger partial charge in [0.25, 0.3) is 0 Å². The smallest absolute Gasteiger partial charge is 0.320 e. The first-order valence-electron chi connectivity index (χ1n) is 6.96. The molecule has 0 saturated carbocycles. The van der Waals surface area contributed by atoms with Gasteiger partial charge in [-0.3, -0.25) is 9.59 Å². The molecule has 0 radical (unpaired) electrons. The molecule has 0 aliphatic heterocycles. The maximum absolute atomic E-state index is 11.7. The second kappa shape index (κ2) is 10.3. The highest BCUT2D eigenvalue weighted by molar-refractivity contribution is 8.77. The molecule has 0 bridgehead atoms. The molecule has 0 aromatic heterocycles. The molecule has 6 nitrogen and oxygen atoms in total. The van der Waals surface area contributed by atoms with Gasteiger partial charge in [-0.1, -0.05) is 42.4 Å². The van der Waals surface area contributed by atoms with Crippen molar-refractivity contribution in [2.75, 3.05) is 12.3 Å². The molecule has 6 N–H and O–H groups in total. The lowest BCUT2D eigenvalue weighted by Crippen LogP contribution is -2.42. The zero-order valence-corrected chi connectivity index (χ0v) is 14.6. The first-order chi connectivity index (χ1) is 9.63. The Bertz CT molecular complexity index is 335. The number of aliphatic carboxylic acids is 1. The van der Waals surface area contributed by atoms with Gasteiger partial charge >= 0.3 is 5.97 Å². The van der Waals surface area contributed by atoms with Crippen LogP contribution in [0.3, 0.4) is 0 Å². The fraction of sp³-hybridized carbons (Fsp3) is 0.846. The molecule has 0 aliphatic carbocycles. The maximum atomic E-state index is 11.7. The zero-order valence-electron chi connectivity index (χ0n) is 12.9. The highest BCUT2D eigenvalue weighted by Gasteiger charge is 2.16. The van der Waals surface area contributed by atoms with E-state index in [4.69, 9.17) is 16.6 Å². The van der Waals surface area contributed by atoms with Gasteiger partial charge in [-0.25, -0.2) is 0 Å². The number of carbonyl (C=O) groups excluding carboxylic acids is 1. The van der Waals surface area contributed by atoms with Gasteiger partial charge < -0.3 is 21.9 Å². The molecule has 0 rings (SSSR count). The average molecular weight is 338 g/mol. The molecular weight excluding hydrogens is 310 g/mol. The Morgan fingerprint density at radius 1 is 1.19 bits per heavy atom. The van der Waals surface area contributed by atoms with Crippen molar-refractivity contribution in [2.45, 2.75) is 56.9 Å². The normalized spacial score (nSPS) is 14.5. The minimum atomic E-state index is -0.991. The van der Waals surface area contributed by atoms with Gasteiger partial charge in [-0.2, -0.15) is 0 Å². The van der Waals surface area contributed by atoms with Gasteiger partial charge in [0.05, 0.1) is 6.04 Å². The first-order valence-corrected chi connectivity index (χ1v) is 9.27. The summed E-state index contributed by atoms with van der Waals surface area (Å²) in [6.45, 7) is 6.82. The summed E-state index contributed by atoms with van der Waals surface area (Å²) < 4.78 is 0.143. The Hall–Kier alpha value is -0.440. The van der Waals surface area contributed by atoms with Crippen molar-refractivity contribution in [1.82, 2.24) is 5.32 Å². The van der Waals surface area contributed by atoms with E-state index < -0.39 is 18.1 Å². The number of unbranched alkanes of at least 4 members (excludes halogenated alkanes) is 1. The molecule has 0 spiro atoms. The summed E-state index contributed by atoms with van der Waals surface area (Å²) in [4.78, 5) is 22.2. The Morgan fingerprint density at radius 3 is 2.33 bits per heavy atom. The van der Waals surface area contributed by atoms with Gasteiger partial charge in [0.15, 0.2) is 0 Å². The molecular formula is C13H27N3O3S2. The topological polar surface area (TPSA) is 118 Å². The van der Waals surface area contributed by atoms with Crippen molar-refractivity contribution in [1.29, 1.82) is 0 Å². The molecule has 0 aromatic rings. The van der Waals surface area contributed by atoms with Crippen LogP contribution in [0.15, 0.2) is 0 Å². The summed E-state index contributed by atoms with van der Waals surface area (Å²) in [5.74, 6) is -0.591. The van der Waals surface area contributed by atoms with Gasteiger partial charge in [-0.05, 0) is 19.3 Å².